The third-order valence-electron chi connectivity index (χ3n) is 8.06. The zero-order valence-corrected chi connectivity index (χ0v) is 22.9. The molecule has 0 aliphatic heterocycles. The van der Waals surface area contributed by atoms with Crippen LogP contribution in [0.15, 0.2) is 158 Å². The monoisotopic (exact) mass is 534 g/mol. The van der Waals surface area contributed by atoms with Gasteiger partial charge in [0.25, 0.3) is 0 Å². The van der Waals surface area contributed by atoms with E-state index in [9.17, 15) is 0 Å². The van der Waals surface area contributed by atoms with Crippen molar-refractivity contribution in [3.8, 4) is 44.8 Å². The molecule has 0 saturated carbocycles. The van der Waals surface area contributed by atoms with Crippen LogP contribution in [0.1, 0.15) is 0 Å². The first-order valence-electron chi connectivity index (χ1n) is 14.3. The molecular formula is C40H26N2. The van der Waals surface area contributed by atoms with Crippen LogP contribution in [-0.2, 0) is 0 Å². The van der Waals surface area contributed by atoms with Gasteiger partial charge in [0.05, 0.1) is 22.4 Å². The first-order valence-corrected chi connectivity index (χ1v) is 14.3. The fraction of sp³-hybridized carbons (Fsp3) is 0. The van der Waals surface area contributed by atoms with Gasteiger partial charge in [0.15, 0.2) is 0 Å². The molecule has 8 aromatic rings. The first-order chi connectivity index (χ1) is 20.8. The molecule has 2 heterocycles. The van der Waals surface area contributed by atoms with Crippen LogP contribution >= 0.6 is 0 Å². The molecule has 0 amide bonds. The topological polar surface area (TPSA) is 25.8 Å². The Kier molecular flexibility index (Phi) is 5.82. The Labute approximate surface area is 244 Å². The molecule has 8 rings (SSSR count). The number of nitrogens with zero attached hydrogens (tertiary/aromatic N) is 2. The van der Waals surface area contributed by atoms with Gasteiger partial charge in [-0.2, -0.15) is 0 Å². The molecule has 0 saturated heterocycles. The molecule has 0 bridgehead atoms. The molecule has 196 valence electrons. The Hall–Kier alpha value is -5.60. The average molecular weight is 535 g/mol. The lowest BCUT2D eigenvalue weighted by atomic mass is 9.92. The standard InChI is InChI=1S/C40H26N2/c1-4-13-28(14-5-1)35-25-37(29-16-6-2-7-17-29)41-39-33(35)23-24-34-36(32-22-12-20-27-15-10-11-21-31(27)32)26-38(42-40(34)39)30-18-8-3-9-19-30/h1-26H. The molecular weight excluding hydrogens is 508 g/mol. The predicted molar refractivity (Wildman–Crippen MR) is 176 cm³/mol. The molecule has 0 N–H and O–H groups in total. The fourth-order valence-corrected chi connectivity index (χ4v) is 6.03. The summed E-state index contributed by atoms with van der Waals surface area (Å²) in [6, 6.07) is 55.5. The van der Waals surface area contributed by atoms with E-state index in [1.807, 2.05) is 12.1 Å². The molecule has 0 fully saturated rings. The molecule has 6 aromatic carbocycles. The summed E-state index contributed by atoms with van der Waals surface area (Å²) in [7, 11) is 0. The van der Waals surface area contributed by atoms with E-state index in [1.165, 1.54) is 16.3 Å². The lowest BCUT2D eigenvalue weighted by Crippen LogP contribution is -1.96. The number of hydrogen-bond acceptors (Lipinski definition) is 2. The summed E-state index contributed by atoms with van der Waals surface area (Å²) in [6.45, 7) is 0. The van der Waals surface area contributed by atoms with Crippen molar-refractivity contribution in [1.29, 1.82) is 0 Å². The first kappa shape index (κ1) is 24.2. The lowest BCUT2D eigenvalue weighted by Gasteiger charge is -2.16. The highest BCUT2D eigenvalue weighted by molar-refractivity contribution is 6.15. The predicted octanol–water partition coefficient (Wildman–Crippen LogP) is 10.6. The number of rotatable bonds is 4. The van der Waals surface area contributed by atoms with Gasteiger partial charge in [-0.1, -0.05) is 146 Å². The van der Waals surface area contributed by atoms with Crippen LogP contribution in [0.2, 0.25) is 0 Å². The van der Waals surface area contributed by atoms with E-state index in [0.29, 0.717) is 0 Å². The molecule has 2 nitrogen and oxygen atoms in total. The van der Waals surface area contributed by atoms with E-state index in [0.717, 1.165) is 61.0 Å². The van der Waals surface area contributed by atoms with Gasteiger partial charge in [0.2, 0.25) is 0 Å². The summed E-state index contributed by atoms with van der Waals surface area (Å²) in [5.41, 5.74) is 10.5. The van der Waals surface area contributed by atoms with Gasteiger partial charge >= 0.3 is 0 Å². The summed E-state index contributed by atoms with van der Waals surface area (Å²) in [5.74, 6) is 0. The van der Waals surface area contributed by atoms with Crippen LogP contribution in [0.5, 0.6) is 0 Å². The van der Waals surface area contributed by atoms with Crippen LogP contribution < -0.4 is 0 Å². The Balaban J connectivity index is 1.52. The third kappa shape index (κ3) is 4.13. The third-order valence-corrected chi connectivity index (χ3v) is 8.06. The smallest absolute Gasteiger partial charge is 0.0978 e. The molecule has 2 heteroatoms. The van der Waals surface area contributed by atoms with E-state index < -0.39 is 0 Å². The second-order valence-corrected chi connectivity index (χ2v) is 10.6. The van der Waals surface area contributed by atoms with Gasteiger partial charge in [0, 0.05) is 21.9 Å². The number of hydrogen-bond donors (Lipinski definition) is 0. The second kappa shape index (κ2) is 10.1. The maximum absolute atomic E-state index is 5.35. The molecule has 0 spiro atoms. The van der Waals surface area contributed by atoms with E-state index in [-0.39, 0.29) is 0 Å². The minimum absolute atomic E-state index is 0.909. The minimum atomic E-state index is 0.909. The molecule has 2 aromatic heterocycles. The van der Waals surface area contributed by atoms with Crippen molar-refractivity contribution in [2.45, 2.75) is 0 Å². The second-order valence-electron chi connectivity index (χ2n) is 10.6. The van der Waals surface area contributed by atoms with Gasteiger partial charge in [0.1, 0.15) is 0 Å². The molecule has 42 heavy (non-hydrogen) atoms. The van der Waals surface area contributed by atoms with E-state index in [1.54, 1.807) is 0 Å². The Morgan fingerprint density at radius 3 is 1.40 bits per heavy atom. The van der Waals surface area contributed by atoms with Gasteiger partial charge < -0.3 is 0 Å². The number of aromatic nitrogens is 2. The van der Waals surface area contributed by atoms with Gasteiger partial charge in [-0.05, 0) is 45.2 Å². The Morgan fingerprint density at radius 1 is 0.310 bits per heavy atom. The van der Waals surface area contributed by atoms with Crippen LogP contribution in [0.25, 0.3) is 77.3 Å². The fourth-order valence-electron chi connectivity index (χ4n) is 6.03. The quantitative estimate of drug-likeness (QED) is 0.210. The van der Waals surface area contributed by atoms with Gasteiger partial charge in [-0.25, -0.2) is 9.97 Å². The Morgan fingerprint density at radius 2 is 0.786 bits per heavy atom. The number of fused-ring (bicyclic) bond motifs is 4. The van der Waals surface area contributed by atoms with Crippen molar-refractivity contribution in [2.24, 2.45) is 0 Å². The van der Waals surface area contributed by atoms with Crippen LogP contribution in [0, 0.1) is 0 Å². The van der Waals surface area contributed by atoms with Gasteiger partial charge in [-0.15, -0.1) is 0 Å². The van der Waals surface area contributed by atoms with Crippen molar-refractivity contribution in [1.82, 2.24) is 9.97 Å². The maximum Gasteiger partial charge on any atom is 0.0978 e. The average Bonchev–Trinajstić information content (AvgIpc) is 3.08. The van der Waals surface area contributed by atoms with Crippen LogP contribution in [-0.4, -0.2) is 9.97 Å². The maximum atomic E-state index is 5.35. The SMILES string of the molecule is c1ccc(-c2cc(-c3ccccc3)c3ccc4c(-c5cccc6ccccc56)cc(-c5ccccc5)nc4c3n2)cc1. The van der Waals surface area contributed by atoms with Crippen molar-refractivity contribution >= 4 is 32.6 Å². The highest BCUT2D eigenvalue weighted by atomic mass is 14.8. The van der Waals surface area contributed by atoms with Crippen molar-refractivity contribution in [3.63, 3.8) is 0 Å². The summed E-state index contributed by atoms with van der Waals surface area (Å²) in [4.78, 5) is 10.7. The molecule has 0 aliphatic carbocycles. The molecule has 0 atom stereocenters. The summed E-state index contributed by atoms with van der Waals surface area (Å²) >= 11 is 0. The number of pyridine rings is 2. The normalized spacial score (nSPS) is 11.3. The van der Waals surface area contributed by atoms with Crippen molar-refractivity contribution in [2.75, 3.05) is 0 Å². The van der Waals surface area contributed by atoms with Crippen molar-refractivity contribution in [3.05, 3.63) is 158 Å². The lowest BCUT2D eigenvalue weighted by molar-refractivity contribution is 1.36. The number of benzene rings is 6. The highest BCUT2D eigenvalue weighted by Crippen LogP contribution is 2.40. The Bertz CT molecular complexity index is 2220. The minimum Gasteiger partial charge on any atom is -0.245 e. The van der Waals surface area contributed by atoms with E-state index >= 15 is 0 Å². The van der Waals surface area contributed by atoms with Crippen molar-refractivity contribution < 1.29 is 0 Å². The van der Waals surface area contributed by atoms with E-state index in [4.69, 9.17) is 9.97 Å². The summed E-state index contributed by atoms with van der Waals surface area (Å²) in [5, 5.41) is 4.63. The van der Waals surface area contributed by atoms with E-state index in [2.05, 4.69) is 146 Å². The molecule has 0 aliphatic rings. The zero-order valence-electron chi connectivity index (χ0n) is 22.9. The summed E-state index contributed by atoms with van der Waals surface area (Å²) < 4.78 is 0. The van der Waals surface area contributed by atoms with Crippen LogP contribution in [0.4, 0.5) is 0 Å². The van der Waals surface area contributed by atoms with Crippen LogP contribution in [0.3, 0.4) is 0 Å². The van der Waals surface area contributed by atoms with Gasteiger partial charge in [-0.3, -0.25) is 0 Å². The highest BCUT2D eigenvalue weighted by Gasteiger charge is 2.18. The molecule has 0 unspecified atom stereocenters. The molecule has 0 radical (unpaired) electrons. The largest absolute Gasteiger partial charge is 0.245 e. The zero-order chi connectivity index (χ0) is 27.9. The summed E-state index contributed by atoms with van der Waals surface area (Å²) in [6.07, 6.45) is 0.